The van der Waals surface area contributed by atoms with E-state index < -0.39 is 10.0 Å². The number of rotatable bonds is 5. The number of piperidine rings is 2. The molecule has 2 saturated heterocycles. The van der Waals surface area contributed by atoms with Gasteiger partial charge in [-0.1, -0.05) is 6.42 Å². The van der Waals surface area contributed by atoms with Crippen molar-refractivity contribution in [2.45, 2.75) is 57.0 Å². The highest BCUT2D eigenvalue weighted by atomic mass is 32.2. The molecule has 22 heavy (non-hydrogen) atoms. The summed E-state index contributed by atoms with van der Waals surface area (Å²) >= 11 is 0. The Morgan fingerprint density at radius 2 is 1.82 bits per heavy atom. The Balaban J connectivity index is 1.64. The van der Waals surface area contributed by atoms with Crippen molar-refractivity contribution < 1.29 is 13.2 Å². The minimum atomic E-state index is -3.25. The molecular weight excluding hydrogens is 302 g/mol. The topological polar surface area (TPSA) is 87.3 Å². The third-order valence-electron chi connectivity index (χ3n) is 5.35. The van der Waals surface area contributed by atoms with Crippen molar-refractivity contribution in [3.63, 3.8) is 0 Å². The number of hydrogen-bond acceptors (Lipinski definition) is 4. The van der Waals surface area contributed by atoms with Crippen molar-refractivity contribution in [2.24, 2.45) is 11.8 Å². The van der Waals surface area contributed by atoms with E-state index in [4.69, 9.17) is 0 Å². The smallest absolute Gasteiger partial charge is 0.220 e. The van der Waals surface area contributed by atoms with Gasteiger partial charge in [0.15, 0.2) is 0 Å². The zero-order valence-electron chi connectivity index (χ0n) is 13.0. The van der Waals surface area contributed by atoms with Crippen LogP contribution in [-0.2, 0) is 14.8 Å². The summed E-state index contributed by atoms with van der Waals surface area (Å²) in [6.45, 7) is 1.89. The van der Waals surface area contributed by atoms with Crippen molar-refractivity contribution in [3.8, 4) is 0 Å². The average Bonchev–Trinajstić information content (AvgIpc) is 2.46. The standard InChI is InChI=1S/C15H27N3O3S/c19-14-5-4-13(15(17-14)12-6-8-16-9-7-12)18-22(20,21)10-11-2-1-3-11/h11-13,15-16,18H,1-10H2,(H,17,19)/t13-,15+/m1/s1. The Morgan fingerprint density at radius 1 is 1.09 bits per heavy atom. The van der Waals surface area contributed by atoms with Gasteiger partial charge in [-0.05, 0) is 57.0 Å². The van der Waals surface area contributed by atoms with Crippen molar-refractivity contribution in [1.82, 2.24) is 15.4 Å². The van der Waals surface area contributed by atoms with Crippen molar-refractivity contribution in [1.29, 1.82) is 0 Å². The van der Waals surface area contributed by atoms with Gasteiger partial charge in [-0.3, -0.25) is 4.79 Å². The molecule has 1 amide bonds. The van der Waals surface area contributed by atoms with Gasteiger partial charge in [-0.15, -0.1) is 0 Å². The van der Waals surface area contributed by atoms with E-state index in [0.29, 0.717) is 24.7 Å². The molecule has 1 aliphatic carbocycles. The monoisotopic (exact) mass is 329 g/mol. The van der Waals surface area contributed by atoms with Gasteiger partial charge in [0.1, 0.15) is 0 Å². The summed E-state index contributed by atoms with van der Waals surface area (Å²) in [7, 11) is -3.25. The Morgan fingerprint density at radius 3 is 2.45 bits per heavy atom. The van der Waals surface area contributed by atoms with E-state index in [1.165, 1.54) is 0 Å². The van der Waals surface area contributed by atoms with E-state index in [-0.39, 0.29) is 23.7 Å². The molecule has 6 nitrogen and oxygen atoms in total. The molecule has 0 bridgehead atoms. The molecule has 7 heteroatoms. The average molecular weight is 329 g/mol. The Hall–Kier alpha value is -0.660. The molecule has 3 aliphatic rings. The number of hydrogen-bond donors (Lipinski definition) is 3. The maximum atomic E-state index is 12.4. The maximum absolute atomic E-state index is 12.4. The summed E-state index contributed by atoms with van der Waals surface area (Å²) in [5, 5.41) is 6.36. The molecule has 3 N–H and O–H groups in total. The summed E-state index contributed by atoms with van der Waals surface area (Å²) < 4.78 is 27.7. The van der Waals surface area contributed by atoms with Gasteiger partial charge in [0, 0.05) is 18.5 Å². The molecule has 0 aromatic carbocycles. The lowest BCUT2D eigenvalue weighted by Crippen LogP contribution is -2.60. The molecule has 0 aromatic rings. The lowest BCUT2D eigenvalue weighted by molar-refractivity contribution is -0.124. The predicted octanol–water partition coefficient (Wildman–Crippen LogP) is 0.353. The molecule has 3 fully saturated rings. The van der Waals surface area contributed by atoms with Gasteiger partial charge in [0.2, 0.25) is 15.9 Å². The highest BCUT2D eigenvalue weighted by Crippen LogP contribution is 2.28. The molecule has 2 aliphatic heterocycles. The van der Waals surface area contributed by atoms with Gasteiger partial charge < -0.3 is 10.6 Å². The van der Waals surface area contributed by atoms with Gasteiger partial charge in [0.25, 0.3) is 0 Å². The fourth-order valence-corrected chi connectivity index (χ4v) is 5.63. The Kier molecular flexibility index (Phi) is 5.04. The summed E-state index contributed by atoms with van der Waals surface area (Å²) in [5.74, 6) is 0.990. The number of carbonyl (C=O) groups excluding carboxylic acids is 1. The quantitative estimate of drug-likeness (QED) is 0.679. The number of sulfonamides is 1. The van der Waals surface area contributed by atoms with Gasteiger partial charge in [-0.25, -0.2) is 13.1 Å². The first-order valence-electron chi connectivity index (χ1n) is 8.53. The number of nitrogens with one attached hydrogen (secondary N) is 3. The number of carbonyl (C=O) groups is 1. The van der Waals surface area contributed by atoms with Crippen LogP contribution < -0.4 is 15.4 Å². The largest absolute Gasteiger partial charge is 0.351 e. The summed E-state index contributed by atoms with van der Waals surface area (Å²) in [4.78, 5) is 11.8. The van der Waals surface area contributed by atoms with Crippen molar-refractivity contribution in [2.75, 3.05) is 18.8 Å². The molecule has 0 radical (unpaired) electrons. The zero-order valence-corrected chi connectivity index (χ0v) is 13.8. The molecule has 3 rings (SSSR count). The second-order valence-corrected chi connectivity index (χ2v) is 8.82. The molecular formula is C15H27N3O3S. The third kappa shape index (κ3) is 4.00. The van der Waals surface area contributed by atoms with Crippen LogP contribution >= 0.6 is 0 Å². The first kappa shape index (κ1) is 16.2. The van der Waals surface area contributed by atoms with E-state index in [1.54, 1.807) is 0 Å². The lowest BCUT2D eigenvalue weighted by atomic mass is 9.83. The Bertz CT molecular complexity index is 498. The Labute approximate surface area is 132 Å². The second kappa shape index (κ2) is 6.84. The molecule has 0 spiro atoms. The molecule has 2 atom stereocenters. The maximum Gasteiger partial charge on any atom is 0.220 e. The van der Waals surface area contributed by atoms with Gasteiger partial charge in [0.05, 0.1) is 5.75 Å². The molecule has 2 heterocycles. The van der Waals surface area contributed by atoms with E-state index in [1.807, 2.05) is 0 Å². The van der Waals surface area contributed by atoms with Gasteiger partial charge in [-0.2, -0.15) is 0 Å². The van der Waals surface area contributed by atoms with Crippen molar-refractivity contribution in [3.05, 3.63) is 0 Å². The van der Waals surface area contributed by atoms with E-state index in [2.05, 4.69) is 15.4 Å². The summed E-state index contributed by atoms with van der Waals surface area (Å²) in [5.41, 5.74) is 0. The van der Waals surface area contributed by atoms with E-state index in [0.717, 1.165) is 45.2 Å². The highest BCUT2D eigenvalue weighted by molar-refractivity contribution is 7.89. The van der Waals surface area contributed by atoms with Crippen LogP contribution in [0.1, 0.15) is 44.9 Å². The first-order chi connectivity index (χ1) is 10.5. The number of amides is 1. The van der Waals surface area contributed by atoms with Crippen LogP contribution in [0.2, 0.25) is 0 Å². The molecule has 0 unspecified atom stereocenters. The zero-order chi connectivity index (χ0) is 15.6. The van der Waals surface area contributed by atoms with E-state index in [9.17, 15) is 13.2 Å². The predicted molar refractivity (Wildman–Crippen MR) is 84.8 cm³/mol. The second-order valence-electron chi connectivity index (χ2n) is 7.02. The van der Waals surface area contributed by atoms with Crippen LogP contribution in [0.25, 0.3) is 0 Å². The minimum Gasteiger partial charge on any atom is -0.351 e. The highest BCUT2D eigenvalue weighted by Gasteiger charge is 2.37. The lowest BCUT2D eigenvalue weighted by Gasteiger charge is -2.40. The molecule has 126 valence electrons. The van der Waals surface area contributed by atoms with Crippen molar-refractivity contribution >= 4 is 15.9 Å². The first-order valence-corrected chi connectivity index (χ1v) is 10.2. The SMILES string of the molecule is O=C1CC[C@@H](NS(=O)(=O)CC2CCC2)[C@H](C2CCNCC2)N1. The van der Waals surface area contributed by atoms with E-state index >= 15 is 0 Å². The summed E-state index contributed by atoms with van der Waals surface area (Å²) in [6.07, 6.45) is 6.22. The fraction of sp³-hybridized carbons (Fsp3) is 0.933. The van der Waals surface area contributed by atoms with Crippen LogP contribution in [0.15, 0.2) is 0 Å². The molecule has 1 saturated carbocycles. The minimum absolute atomic E-state index is 0.0537. The summed E-state index contributed by atoms with van der Waals surface area (Å²) in [6, 6.07) is -0.203. The van der Waals surface area contributed by atoms with Crippen LogP contribution in [-0.4, -0.2) is 45.3 Å². The normalized spacial score (nSPS) is 31.5. The van der Waals surface area contributed by atoms with Crippen LogP contribution in [0.3, 0.4) is 0 Å². The van der Waals surface area contributed by atoms with Crippen LogP contribution in [0, 0.1) is 11.8 Å². The van der Waals surface area contributed by atoms with Crippen LogP contribution in [0.4, 0.5) is 0 Å². The van der Waals surface area contributed by atoms with Gasteiger partial charge >= 0.3 is 0 Å². The molecule has 0 aromatic heterocycles. The fourth-order valence-electron chi connectivity index (χ4n) is 3.86. The third-order valence-corrected chi connectivity index (χ3v) is 6.92. The van der Waals surface area contributed by atoms with Crippen LogP contribution in [0.5, 0.6) is 0 Å².